The second kappa shape index (κ2) is 8.60. The number of hydrogen-bond donors (Lipinski definition) is 0. The van der Waals surface area contributed by atoms with Gasteiger partial charge in [0.15, 0.2) is 0 Å². The number of aryl methyl sites for hydroxylation is 2. The van der Waals surface area contributed by atoms with E-state index >= 15 is 0 Å². The SMILES string of the molecule is CCN(CC)S(=O)(=O)c1ccc2c(c1)CCCN2C(=O)c1cc(C)nc2cc(F)ccc12. The Morgan fingerprint density at radius 1 is 1.12 bits per heavy atom. The molecular formula is C24H26FN3O3S. The van der Waals surface area contributed by atoms with Gasteiger partial charge in [-0.15, -0.1) is 0 Å². The van der Waals surface area contributed by atoms with E-state index in [0.29, 0.717) is 53.9 Å². The van der Waals surface area contributed by atoms with Gasteiger partial charge in [0.25, 0.3) is 5.91 Å². The summed E-state index contributed by atoms with van der Waals surface area (Å²) in [7, 11) is -3.58. The van der Waals surface area contributed by atoms with Crippen molar-refractivity contribution in [3.05, 3.63) is 65.1 Å². The van der Waals surface area contributed by atoms with E-state index in [0.717, 1.165) is 12.0 Å². The second-order valence-electron chi connectivity index (χ2n) is 7.91. The van der Waals surface area contributed by atoms with Crippen LogP contribution in [0.3, 0.4) is 0 Å². The highest BCUT2D eigenvalue weighted by Crippen LogP contribution is 2.32. The number of amides is 1. The van der Waals surface area contributed by atoms with Gasteiger partial charge in [0.2, 0.25) is 10.0 Å². The van der Waals surface area contributed by atoms with Crippen LogP contribution in [-0.2, 0) is 16.4 Å². The molecule has 0 fully saturated rings. The molecule has 3 aromatic rings. The zero-order valence-electron chi connectivity index (χ0n) is 18.4. The molecular weight excluding hydrogens is 429 g/mol. The minimum atomic E-state index is -3.58. The molecule has 8 heteroatoms. The Balaban J connectivity index is 1.76. The Labute approximate surface area is 187 Å². The number of aromatic nitrogens is 1. The van der Waals surface area contributed by atoms with E-state index in [2.05, 4.69) is 4.98 Å². The lowest BCUT2D eigenvalue weighted by Crippen LogP contribution is -2.36. The lowest BCUT2D eigenvalue weighted by Gasteiger charge is -2.30. The van der Waals surface area contributed by atoms with Crippen molar-refractivity contribution in [2.45, 2.75) is 38.5 Å². The third-order valence-electron chi connectivity index (χ3n) is 5.89. The van der Waals surface area contributed by atoms with Crippen LogP contribution in [0.1, 0.15) is 41.9 Å². The Bertz CT molecular complexity index is 1300. The molecule has 0 unspecified atom stereocenters. The van der Waals surface area contributed by atoms with Crippen LogP contribution in [0.25, 0.3) is 10.9 Å². The number of fused-ring (bicyclic) bond motifs is 2. The van der Waals surface area contributed by atoms with Crippen LogP contribution in [0, 0.1) is 12.7 Å². The standard InChI is InChI=1S/C24H26FN3O3S/c1-4-27(5-2)32(30,31)19-9-11-23-17(14-19)7-6-12-28(23)24(29)21-13-16(3)26-22-15-18(25)8-10-20(21)22/h8-11,13-15H,4-7,12H2,1-3H3. The average Bonchev–Trinajstić information content (AvgIpc) is 2.77. The normalized spacial score (nSPS) is 14.1. The number of pyridine rings is 1. The van der Waals surface area contributed by atoms with Gasteiger partial charge in [0, 0.05) is 42.5 Å². The molecule has 6 nitrogen and oxygen atoms in total. The minimum Gasteiger partial charge on any atom is -0.308 e. The zero-order valence-corrected chi connectivity index (χ0v) is 19.2. The summed E-state index contributed by atoms with van der Waals surface area (Å²) in [5.74, 6) is -0.605. The third-order valence-corrected chi connectivity index (χ3v) is 7.93. The predicted molar refractivity (Wildman–Crippen MR) is 123 cm³/mol. The number of carbonyl (C=O) groups excluding carboxylic acids is 1. The van der Waals surface area contributed by atoms with Gasteiger partial charge in [0.05, 0.1) is 16.0 Å². The highest BCUT2D eigenvalue weighted by molar-refractivity contribution is 7.89. The van der Waals surface area contributed by atoms with E-state index in [1.807, 2.05) is 13.8 Å². The molecule has 32 heavy (non-hydrogen) atoms. The number of halogens is 1. The van der Waals surface area contributed by atoms with Crippen molar-refractivity contribution < 1.29 is 17.6 Å². The van der Waals surface area contributed by atoms with Gasteiger partial charge in [-0.25, -0.2) is 12.8 Å². The van der Waals surface area contributed by atoms with Crippen molar-refractivity contribution in [3.63, 3.8) is 0 Å². The van der Waals surface area contributed by atoms with Gasteiger partial charge < -0.3 is 4.90 Å². The first kappa shape index (κ1) is 22.4. The molecule has 0 N–H and O–H groups in total. The molecule has 0 radical (unpaired) electrons. The summed E-state index contributed by atoms with van der Waals surface area (Å²) in [6, 6.07) is 10.9. The van der Waals surface area contributed by atoms with Gasteiger partial charge in [-0.1, -0.05) is 13.8 Å². The zero-order chi connectivity index (χ0) is 23.0. The van der Waals surface area contributed by atoms with Crippen LogP contribution in [-0.4, -0.2) is 43.2 Å². The molecule has 0 saturated carbocycles. The molecule has 2 aromatic carbocycles. The van der Waals surface area contributed by atoms with Gasteiger partial charge in [0.1, 0.15) is 5.82 Å². The monoisotopic (exact) mass is 455 g/mol. The number of carbonyl (C=O) groups is 1. The molecule has 1 aliphatic rings. The fourth-order valence-corrected chi connectivity index (χ4v) is 5.82. The van der Waals surface area contributed by atoms with Crippen LogP contribution in [0.4, 0.5) is 10.1 Å². The molecule has 0 spiro atoms. The number of nitrogens with zero attached hydrogens (tertiary/aromatic N) is 3. The topological polar surface area (TPSA) is 70.6 Å². The summed E-state index contributed by atoms with van der Waals surface area (Å²) in [5.41, 5.74) is 3.07. The van der Waals surface area contributed by atoms with Crippen LogP contribution in [0.2, 0.25) is 0 Å². The van der Waals surface area contributed by atoms with Crippen molar-refractivity contribution in [1.29, 1.82) is 0 Å². The first-order chi connectivity index (χ1) is 15.3. The molecule has 168 valence electrons. The van der Waals surface area contributed by atoms with Crippen molar-refractivity contribution in [2.75, 3.05) is 24.5 Å². The summed E-state index contributed by atoms with van der Waals surface area (Å²) < 4.78 is 41.0. The number of benzene rings is 2. The predicted octanol–water partition coefficient (Wildman–Crippen LogP) is 4.31. The Hall–Kier alpha value is -2.84. The smallest absolute Gasteiger partial charge is 0.259 e. The summed E-state index contributed by atoms with van der Waals surface area (Å²) >= 11 is 0. The molecule has 0 bridgehead atoms. The second-order valence-corrected chi connectivity index (χ2v) is 9.85. The molecule has 0 aliphatic carbocycles. The quantitative estimate of drug-likeness (QED) is 0.575. The van der Waals surface area contributed by atoms with Gasteiger partial charge >= 0.3 is 0 Å². The fraction of sp³-hybridized carbons (Fsp3) is 0.333. The summed E-state index contributed by atoms with van der Waals surface area (Å²) in [5, 5.41) is 0.592. The lowest BCUT2D eigenvalue weighted by molar-refractivity contribution is 0.0986. The van der Waals surface area contributed by atoms with Crippen LogP contribution in [0.5, 0.6) is 0 Å². The number of hydrogen-bond acceptors (Lipinski definition) is 4. The molecule has 1 amide bonds. The molecule has 1 aliphatic heterocycles. The van der Waals surface area contributed by atoms with Gasteiger partial charge in [-0.05, 0) is 61.7 Å². The minimum absolute atomic E-state index is 0.201. The Morgan fingerprint density at radius 2 is 1.88 bits per heavy atom. The Kier molecular flexibility index (Phi) is 6.01. The van der Waals surface area contributed by atoms with E-state index < -0.39 is 15.8 Å². The van der Waals surface area contributed by atoms with E-state index in [9.17, 15) is 17.6 Å². The summed E-state index contributed by atoms with van der Waals surface area (Å²) in [6.07, 6.45) is 1.42. The van der Waals surface area contributed by atoms with Crippen molar-refractivity contribution in [1.82, 2.24) is 9.29 Å². The number of rotatable bonds is 5. The number of anilines is 1. The van der Waals surface area contributed by atoms with E-state index in [-0.39, 0.29) is 10.8 Å². The largest absolute Gasteiger partial charge is 0.308 e. The molecule has 1 aromatic heterocycles. The van der Waals surface area contributed by atoms with E-state index in [4.69, 9.17) is 0 Å². The summed E-state index contributed by atoms with van der Waals surface area (Å²) in [4.78, 5) is 19.9. The molecule has 4 rings (SSSR count). The molecule has 0 saturated heterocycles. The first-order valence-corrected chi connectivity index (χ1v) is 12.2. The maximum atomic E-state index is 13.7. The van der Waals surface area contributed by atoms with E-state index in [1.165, 1.54) is 16.4 Å². The van der Waals surface area contributed by atoms with Crippen molar-refractivity contribution in [3.8, 4) is 0 Å². The maximum Gasteiger partial charge on any atom is 0.259 e. The van der Waals surface area contributed by atoms with Gasteiger partial charge in [-0.2, -0.15) is 4.31 Å². The van der Waals surface area contributed by atoms with Crippen LogP contribution < -0.4 is 4.90 Å². The first-order valence-electron chi connectivity index (χ1n) is 10.8. The molecule has 2 heterocycles. The van der Waals surface area contributed by atoms with Crippen LogP contribution in [0.15, 0.2) is 47.4 Å². The average molecular weight is 456 g/mol. The van der Waals surface area contributed by atoms with Gasteiger partial charge in [-0.3, -0.25) is 9.78 Å². The Morgan fingerprint density at radius 3 is 2.59 bits per heavy atom. The summed E-state index contributed by atoms with van der Waals surface area (Å²) in [6.45, 7) is 6.72. The third kappa shape index (κ3) is 3.89. The van der Waals surface area contributed by atoms with E-state index in [1.54, 1.807) is 42.2 Å². The number of sulfonamides is 1. The molecule has 0 atom stereocenters. The maximum absolute atomic E-state index is 13.7. The highest BCUT2D eigenvalue weighted by Gasteiger charge is 2.28. The lowest BCUT2D eigenvalue weighted by atomic mass is 9.99. The fourth-order valence-electron chi connectivity index (χ4n) is 4.31. The highest BCUT2D eigenvalue weighted by atomic mass is 32.2. The van der Waals surface area contributed by atoms with Crippen molar-refractivity contribution >= 4 is 32.5 Å². The van der Waals surface area contributed by atoms with Crippen LogP contribution >= 0.6 is 0 Å². The van der Waals surface area contributed by atoms with Crippen molar-refractivity contribution in [2.24, 2.45) is 0 Å².